The molecule has 5 nitrogen and oxygen atoms in total. The van der Waals surface area contributed by atoms with Gasteiger partial charge in [0.15, 0.2) is 22.8 Å². The van der Waals surface area contributed by atoms with Gasteiger partial charge in [0.25, 0.3) is 5.91 Å². The van der Waals surface area contributed by atoms with E-state index in [4.69, 9.17) is 25.5 Å². The molecule has 2 aromatic carbocycles. The summed E-state index contributed by atoms with van der Waals surface area (Å²) in [5.74, 6) is 1.23. The van der Waals surface area contributed by atoms with Crippen molar-refractivity contribution >= 4 is 28.5 Å². The fraction of sp³-hybridized carbons (Fsp3) is 0.211. The van der Waals surface area contributed by atoms with Crippen LogP contribution in [0, 0.1) is 6.92 Å². The molecule has 0 atom stereocenters. The summed E-state index contributed by atoms with van der Waals surface area (Å²) in [6, 6.07) is 10.9. The minimum absolute atomic E-state index is 0.267. The highest BCUT2D eigenvalue weighted by molar-refractivity contribution is 6.35. The standard InChI is InChI=1S/C19H18ClNO4/c1-11-13-5-4-6-14(20)18(13)25-17(11)19(22)21-10-12-7-8-15(23-2)16(9-12)24-3/h4-9H,10H2,1-3H3,(H,21,22). The van der Waals surface area contributed by atoms with Crippen molar-refractivity contribution in [1.82, 2.24) is 5.32 Å². The smallest absolute Gasteiger partial charge is 0.287 e. The van der Waals surface area contributed by atoms with Crippen LogP contribution in [0.5, 0.6) is 11.5 Å². The van der Waals surface area contributed by atoms with Crippen LogP contribution in [-0.4, -0.2) is 20.1 Å². The van der Waals surface area contributed by atoms with E-state index in [1.807, 2.05) is 31.2 Å². The largest absolute Gasteiger partial charge is 0.493 e. The van der Waals surface area contributed by atoms with Gasteiger partial charge in [0.05, 0.1) is 19.2 Å². The zero-order chi connectivity index (χ0) is 18.0. The molecule has 0 radical (unpaired) electrons. The van der Waals surface area contributed by atoms with Crippen molar-refractivity contribution in [2.45, 2.75) is 13.5 Å². The van der Waals surface area contributed by atoms with Gasteiger partial charge in [-0.1, -0.05) is 29.8 Å². The summed E-state index contributed by atoms with van der Waals surface area (Å²) in [6.07, 6.45) is 0. The lowest BCUT2D eigenvalue weighted by Gasteiger charge is -2.10. The molecule has 0 aliphatic rings. The number of carbonyl (C=O) groups excluding carboxylic acids is 1. The number of halogens is 1. The number of hydrogen-bond donors (Lipinski definition) is 1. The number of methoxy groups -OCH3 is 2. The van der Waals surface area contributed by atoms with Crippen LogP contribution >= 0.6 is 11.6 Å². The molecule has 0 saturated carbocycles. The first-order valence-electron chi connectivity index (χ1n) is 7.72. The van der Waals surface area contributed by atoms with E-state index < -0.39 is 0 Å². The number of fused-ring (bicyclic) bond motifs is 1. The molecule has 1 N–H and O–H groups in total. The van der Waals surface area contributed by atoms with E-state index in [0.717, 1.165) is 16.5 Å². The lowest BCUT2D eigenvalue weighted by molar-refractivity contribution is 0.0924. The van der Waals surface area contributed by atoms with Gasteiger partial charge in [-0.3, -0.25) is 4.79 Å². The zero-order valence-electron chi connectivity index (χ0n) is 14.2. The Morgan fingerprint density at radius 3 is 2.60 bits per heavy atom. The van der Waals surface area contributed by atoms with Crippen molar-refractivity contribution in [1.29, 1.82) is 0 Å². The van der Waals surface area contributed by atoms with Gasteiger partial charge < -0.3 is 19.2 Å². The Kier molecular flexibility index (Phi) is 4.86. The monoisotopic (exact) mass is 359 g/mol. The van der Waals surface area contributed by atoms with Crippen LogP contribution in [0.4, 0.5) is 0 Å². The molecule has 0 unspecified atom stereocenters. The molecule has 3 aromatic rings. The lowest BCUT2D eigenvalue weighted by Crippen LogP contribution is -2.23. The van der Waals surface area contributed by atoms with Crippen molar-refractivity contribution in [3.05, 3.63) is 58.3 Å². The molecule has 1 aromatic heterocycles. The number of aryl methyl sites for hydroxylation is 1. The number of benzene rings is 2. The van der Waals surface area contributed by atoms with E-state index in [-0.39, 0.29) is 11.7 Å². The minimum Gasteiger partial charge on any atom is -0.493 e. The minimum atomic E-state index is -0.292. The summed E-state index contributed by atoms with van der Waals surface area (Å²) in [5, 5.41) is 4.18. The van der Waals surface area contributed by atoms with Gasteiger partial charge >= 0.3 is 0 Å². The number of carbonyl (C=O) groups is 1. The Hall–Kier alpha value is -2.66. The fourth-order valence-electron chi connectivity index (χ4n) is 2.68. The van der Waals surface area contributed by atoms with Crippen LogP contribution in [0.1, 0.15) is 21.7 Å². The third kappa shape index (κ3) is 3.28. The van der Waals surface area contributed by atoms with Gasteiger partial charge in [0.2, 0.25) is 0 Å². The van der Waals surface area contributed by atoms with Gasteiger partial charge in [0, 0.05) is 17.5 Å². The molecule has 25 heavy (non-hydrogen) atoms. The highest BCUT2D eigenvalue weighted by Gasteiger charge is 2.18. The number of rotatable bonds is 5. The Morgan fingerprint density at radius 1 is 1.16 bits per heavy atom. The van der Waals surface area contributed by atoms with Crippen molar-refractivity contribution in [3.8, 4) is 11.5 Å². The number of para-hydroxylation sites is 1. The topological polar surface area (TPSA) is 60.7 Å². The van der Waals surface area contributed by atoms with Gasteiger partial charge in [-0.05, 0) is 30.7 Å². The molecule has 1 heterocycles. The molecule has 3 rings (SSSR count). The average Bonchev–Trinajstić information content (AvgIpc) is 2.98. The first kappa shape index (κ1) is 17.2. The van der Waals surface area contributed by atoms with Gasteiger partial charge in [-0.15, -0.1) is 0 Å². The van der Waals surface area contributed by atoms with Gasteiger partial charge in [-0.2, -0.15) is 0 Å². The van der Waals surface area contributed by atoms with Crippen LogP contribution in [0.15, 0.2) is 40.8 Å². The molecule has 0 spiro atoms. The molecule has 0 fully saturated rings. The van der Waals surface area contributed by atoms with Crippen molar-refractivity contribution < 1.29 is 18.7 Å². The SMILES string of the molecule is COc1ccc(CNC(=O)c2oc3c(Cl)cccc3c2C)cc1OC. The molecule has 0 bridgehead atoms. The Bertz CT molecular complexity index is 933. The van der Waals surface area contributed by atoms with E-state index in [2.05, 4.69) is 5.32 Å². The van der Waals surface area contributed by atoms with Gasteiger partial charge in [-0.25, -0.2) is 0 Å². The summed E-state index contributed by atoms with van der Waals surface area (Å²) in [7, 11) is 3.15. The van der Waals surface area contributed by atoms with Crippen molar-refractivity contribution in [3.63, 3.8) is 0 Å². The molecule has 130 valence electrons. The maximum atomic E-state index is 12.5. The Morgan fingerprint density at radius 2 is 1.92 bits per heavy atom. The maximum absolute atomic E-state index is 12.5. The van der Waals surface area contributed by atoms with E-state index in [0.29, 0.717) is 28.6 Å². The highest BCUT2D eigenvalue weighted by atomic mass is 35.5. The molecular weight excluding hydrogens is 342 g/mol. The van der Waals surface area contributed by atoms with Crippen molar-refractivity contribution in [2.75, 3.05) is 14.2 Å². The first-order valence-corrected chi connectivity index (χ1v) is 8.09. The lowest BCUT2D eigenvalue weighted by atomic mass is 10.1. The van der Waals surface area contributed by atoms with Gasteiger partial charge in [0.1, 0.15) is 0 Å². The molecule has 0 saturated heterocycles. The van der Waals surface area contributed by atoms with Crippen LogP contribution in [0.25, 0.3) is 11.0 Å². The summed E-state index contributed by atoms with van der Waals surface area (Å²) < 4.78 is 16.1. The van der Waals surface area contributed by atoms with Crippen LogP contribution < -0.4 is 14.8 Å². The fourth-order valence-corrected chi connectivity index (χ4v) is 2.89. The number of ether oxygens (including phenoxy) is 2. The molecule has 6 heteroatoms. The second kappa shape index (κ2) is 7.07. The Balaban J connectivity index is 1.79. The van der Waals surface area contributed by atoms with Crippen LogP contribution in [0.2, 0.25) is 5.02 Å². The van der Waals surface area contributed by atoms with E-state index >= 15 is 0 Å². The van der Waals surface area contributed by atoms with E-state index in [1.54, 1.807) is 26.4 Å². The molecular formula is C19H18ClNO4. The summed E-state index contributed by atoms with van der Waals surface area (Å²) in [4.78, 5) is 12.5. The predicted octanol–water partition coefficient (Wildman–Crippen LogP) is 4.34. The second-order valence-electron chi connectivity index (χ2n) is 5.54. The summed E-state index contributed by atoms with van der Waals surface area (Å²) in [6.45, 7) is 2.18. The number of furan rings is 1. The second-order valence-corrected chi connectivity index (χ2v) is 5.95. The molecule has 0 aliphatic heterocycles. The number of amides is 1. The normalized spacial score (nSPS) is 10.7. The summed E-state index contributed by atoms with van der Waals surface area (Å²) >= 11 is 6.13. The summed E-state index contributed by atoms with van der Waals surface area (Å²) in [5.41, 5.74) is 2.18. The average molecular weight is 360 g/mol. The first-order chi connectivity index (χ1) is 12.0. The third-order valence-corrected chi connectivity index (χ3v) is 4.32. The zero-order valence-corrected chi connectivity index (χ0v) is 14.9. The third-order valence-electron chi connectivity index (χ3n) is 4.02. The number of nitrogens with one attached hydrogen (secondary N) is 1. The van der Waals surface area contributed by atoms with E-state index in [1.165, 1.54) is 0 Å². The number of hydrogen-bond acceptors (Lipinski definition) is 4. The quantitative estimate of drug-likeness (QED) is 0.736. The predicted molar refractivity (Wildman–Crippen MR) is 96.7 cm³/mol. The van der Waals surface area contributed by atoms with Crippen LogP contribution in [-0.2, 0) is 6.54 Å². The Labute approximate surface area is 150 Å². The molecule has 1 amide bonds. The van der Waals surface area contributed by atoms with Crippen molar-refractivity contribution in [2.24, 2.45) is 0 Å². The van der Waals surface area contributed by atoms with E-state index in [9.17, 15) is 4.79 Å². The highest BCUT2D eigenvalue weighted by Crippen LogP contribution is 2.31. The van der Waals surface area contributed by atoms with Crippen LogP contribution in [0.3, 0.4) is 0 Å². The maximum Gasteiger partial charge on any atom is 0.287 e. The molecule has 0 aliphatic carbocycles.